The molecule has 0 saturated carbocycles. The molecule has 0 radical (unpaired) electrons. The molecule has 0 aliphatic rings. The molecule has 1 unspecified atom stereocenters. The molecule has 0 aromatic heterocycles. The number of rotatable bonds is 5. The van der Waals surface area contributed by atoms with Crippen molar-refractivity contribution in [2.24, 2.45) is 0 Å². The van der Waals surface area contributed by atoms with E-state index in [1.54, 1.807) is 13.0 Å². The quantitative estimate of drug-likeness (QED) is 0.819. The highest BCUT2D eigenvalue weighted by atomic mass is 19.1. The smallest absolute Gasteiger partial charge is 0.219 e. The lowest BCUT2D eigenvalue weighted by molar-refractivity contribution is -0.121. The lowest BCUT2D eigenvalue weighted by atomic mass is 10.1. The van der Waals surface area contributed by atoms with Crippen LogP contribution in [0.15, 0.2) is 18.2 Å². The molecule has 94 valence electrons. The van der Waals surface area contributed by atoms with Crippen LogP contribution in [0.5, 0.6) is 5.75 Å². The van der Waals surface area contributed by atoms with Crippen LogP contribution in [0.2, 0.25) is 0 Å². The minimum absolute atomic E-state index is 0.0679. The number of carbonyl (C=O) groups excluding carboxylic acids is 1. The molecule has 17 heavy (non-hydrogen) atoms. The fourth-order valence-electron chi connectivity index (χ4n) is 1.34. The fraction of sp³-hybridized carbons (Fsp3) is 0.417. The second-order valence-corrected chi connectivity index (χ2v) is 3.57. The van der Waals surface area contributed by atoms with Gasteiger partial charge in [0.05, 0.1) is 13.2 Å². The van der Waals surface area contributed by atoms with Crippen LogP contribution in [0.1, 0.15) is 25.0 Å². The number of aliphatic hydroxyl groups excluding tert-OH is 1. The van der Waals surface area contributed by atoms with Crippen molar-refractivity contribution >= 4 is 5.91 Å². The van der Waals surface area contributed by atoms with Gasteiger partial charge in [0, 0.05) is 13.0 Å². The van der Waals surface area contributed by atoms with Crippen molar-refractivity contribution in [3.63, 3.8) is 0 Å². The highest BCUT2D eigenvalue weighted by Gasteiger charge is 2.11. The monoisotopic (exact) mass is 241 g/mol. The van der Waals surface area contributed by atoms with E-state index in [0.717, 1.165) is 0 Å². The van der Waals surface area contributed by atoms with Crippen LogP contribution in [0.25, 0.3) is 0 Å². The minimum Gasteiger partial charge on any atom is -0.494 e. The van der Waals surface area contributed by atoms with E-state index in [1.165, 1.54) is 19.2 Å². The lowest BCUT2D eigenvalue weighted by Gasteiger charge is -2.12. The predicted octanol–water partition coefficient (Wildman–Crippen LogP) is 1.39. The van der Waals surface area contributed by atoms with Crippen LogP contribution in [0, 0.1) is 5.82 Å². The topological polar surface area (TPSA) is 58.6 Å². The Morgan fingerprint density at radius 1 is 1.59 bits per heavy atom. The molecule has 0 bridgehead atoms. The number of hydrogen-bond acceptors (Lipinski definition) is 3. The number of aliphatic hydroxyl groups is 1. The molecule has 0 aliphatic heterocycles. The Hall–Kier alpha value is -1.62. The molecule has 5 heteroatoms. The maximum Gasteiger partial charge on any atom is 0.219 e. The third-order valence-electron chi connectivity index (χ3n) is 2.37. The van der Waals surface area contributed by atoms with E-state index in [-0.39, 0.29) is 18.2 Å². The van der Waals surface area contributed by atoms with Gasteiger partial charge >= 0.3 is 0 Å². The molecule has 1 atom stereocenters. The number of benzene rings is 1. The molecule has 0 heterocycles. The normalized spacial score (nSPS) is 12.0. The summed E-state index contributed by atoms with van der Waals surface area (Å²) in [6.07, 6.45) is -0.574. The molecule has 0 spiro atoms. The second-order valence-electron chi connectivity index (χ2n) is 3.57. The van der Waals surface area contributed by atoms with Gasteiger partial charge in [-0.05, 0) is 17.7 Å². The van der Waals surface area contributed by atoms with Gasteiger partial charge in [-0.2, -0.15) is 0 Å². The van der Waals surface area contributed by atoms with E-state index in [1.807, 2.05) is 0 Å². The van der Waals surface area contributed by atoms with Gasteiger partial charge in [-0.1, -0.05) is 13.0 Å². The van der Waals surface area contributed by atoms with Gasteiger partial charge in [-0.25, -0.2) is 4.39 Å². The SMILES string of the molecule is CCC(=O)NCC(O)c1ccc(OC)c(F)c1. The summed E-state index contributed by atoms with van der Waals surface area (Å²) in [6.45, 7) is 1.78. The molecule has 0 fully saturated rings. The highest BCUT2D eigenvalue weighted by molar-refractivity contribution is 5.75. The Morgan fingerprint density at radius 3 is 2.82 bits per heavy atom. The average molecular weight is 241 g/mol. The number of hydrogen-bond donors (Lipinski definition) is 2. The Balaban J connectivity index is 2.66. The van der Waals surface area contributed by atoms with Gasteiger partial charge in [0.1, 0.15) is 0 Å². The molecule has 1 aromatic rings. The number of nitrogens with one attached hydrogen (secondary N) is 1. The van der Waals surface area contributed by atoms with E-state index in [4.69, 9.17) is 4.74 Å². The summed E-state index contributed by atoms with van der Waals surface area (Å²) in [5.74, 6) is -0.567. The summed E-state index contributed by atoms with van der Waals surface area (Å²) in [4.78, 5) is 11.0. The Bertz CT molecular complexity index is 395. The number of methoxy groups -OCH3 is 1. The molecule has 0 saturated heterocycles. The van der Waals surface area contributed by atoms with E-state index < -0.39 is 11.9 Å². The number of ether oxygens (including phenoxy) is 1. The first-order valence-electron chi connectivity index (χ1n) is 5.36. The highest BCUT2D eigenvalue weighted by Crippen LogP contribution is 2.21. The average Bonchev–Trinajstić information content (AvgIpc) is 2.35. The summed E-state index contributed by atoms with van der Waals surface area (Å²) >= 11 is 0. The van der Waals surface area contributed by atoms with Crippen LogP contribution in [0.3, 0.4) is 0 Å². The van der Waals surface area contributed by atoms with Crippen molar-refractivity contribution in [3.8, 4) is 5.75 Å². The Labute approximate surface area is 99.4 Å². The van der Waals surface area contributed by atoms with E-state index in [2.05, 4.69) is 5.32 Å². The summed E-state index contributed by atoms with van der Waals surface area (Å²) in [7, 11) is 1.37. The van der Waals surface area contributed by atoms with Crippen molar-refractivity contribution in [2.75, 3.05) is 13.7 Å². The third-order valence-corrected chi connectivity index (χ3v) is 2.37. The van der Waals surface area contributed by atoms with Crippen molar-refractivity contribution in [3.05, 3.63) is 29.6 Å². The van der Waals surface area contributed by atoms with Crippen LogP contribution in [-0.2, 0) is 4.79 Å². The van der Waals surface area contributed by atoms with Crippen molar-refractivity contribution < 1.29 is 19.0 Å². The van der Waals surface area contributed by atoms with Gasteiger partial charge in [-0.3, -0.25) is 4.79 Å². The lowest BCUT2D eigenvalue weighted by Crippen LogP contribution is -2.27. The van der Waals surface area contributed by atoms with Gasteiger partial charge in [0.15, 0.2) is 11.6 Å². The molecule has 4 nitrogen and oxygen atoms in total. The van der Waals surface area contributed by atoms with Crippen LogP contribution in [-0.4, -0.2) is 24.7 Å². The molecule has 1 aromatic carbocycles. The van der Waals surface area contributed by atoms with Crippen LogP contribution >= 0.6 is 0 Å². The zero-order valence-electron chi connectivity index (χ0n) is 9.87. The van der Waals surface area contributed by atoms with Gasteiger partial charge in [-0.15, -0.1) is 0 Å². The molecule has 0 aliphatic carbocycles. The van der Waals surface area contributed by atoms with E-state index in [0.29, 0.717) is 12.0 Å². The van der Waals surface area contributed by atoms with Crippen LogP contribution in [0.4, 0.5) is 4.39 Å². The first kappa shape index (κ1) is 13.4. The molecule has 1 rings (SSSR count). The number of amides is 1. The number of carbonyl (C=O) groups is 1. The molecular formula is C12H16FNO3. The largest absolute Gasteiger partial charge is 0.494 e. The van der Waals surface area contributed by atoms with E-state index >= 15 is 0 Å². The van der Waals surface area contributed by atoms with E-state index in [9.17, 15) is 14.3 Å². The molecule has 1 amide bonds. The minimum atomic E-state index is -0.925. The summed E-state index contributed by atoms with van der Waals surface area (Å²) in [5.41, 5.74) is 0.403. The van der Waals surface area contributed by atoms with Gasteiger partial charge < -0.3 is 15.2 Å². The maximum atomic E-state index is 13.4. The summed E-state index contributed by atoms with van der Waals surface area (Å²) in [5, 5.41) is 12.3. The van der Waals surface area contributed by atoms with Crippen molar-refractivity contribution in [1.29, 1.82) is 0 Å². The van der Waals surface area contributed by atoms with Crippen LogP contribution < -0.4 is 10.1 Å². The zero-order chi connectivity index (χ0) is 12.8. The first-order chi connectivity index (χ1) is 8.08. The van der Waals surface area contributed by atoms with Crippen molar-refractivity contribution in [1.82, 2.24) is 5.32 Å². The maximum absolute atomic E-state index is 13.4. The van der Waals surface area contributed by atoms with Crippen molar-refractivity contribution in [2.45, 2.75) is 19.4 Å². The summed E-state index contributed by atoms with van der Waals surface area (Å²) in [6, 6.07) is 4.20. The molecule has 2 N–H and O–H groups in total. The van der Waals surface area contributed by atoms with Gasteiger partial charge in [0.25, 0.3) is 0 Å². The molecular weight excluding hydrogens is 225 g/mol. The first-order valence-corrected chi connectivity index (χ1v) is 5.36. The standard InChI is InChI=1S/C12H16FNO3/c1-3-12(16)14-7-10(15)8-4-5-11(17-2)9(13)6-8/h4-6,10,15H,3,7H2,1-2H3,(H,14,16). The third kappa shape index (κ3) is 3.71. The van der Waals surface area contributed by atoms with Gasteiger partial charge in [0.2, 0.25) is 5.91 Å². The summed E-state index contributed by atoms with van der Waals surface area (Å²) < 4.78 is 18.1. The second kappa shape index (κ2) is 6.20. The zero-order valence-corrected chi connectivity index (χ0v) is 9.87. The number of halogens is 1. The Morgan fingerprint density at radius 2 is 2.29 bits per heavy atom. The Kier molecular flexibility index (Phi) is 4.90. The fourth-order valence-corrected chi connectivity index (χ4v) is 1.34. The predicted molar refractivity (Wildman–Crippen MR) is 61.2 cm³/mol.